The van der Waals surface area contributed by atoms with Crippen molar-refractivity contribution in [3.05, 3.63) is 29.3 Å². The zero-order valence-corrected chi connectivity index (χ0v) is 17.5. The molecular formula is C20H32N3O3S+. The van der Waals surface area contributed by atoms with Gasteiger partial charge in [-0.2, -0.15) is 4.31 Å². The molecule has 7 heteroatoms. The molecule has 2 fully saturated rings. The van der Waals surface area contributed by atoms with Gasteiger partial charge in [-0.1, -0.05) is 19.1 Å². The molecule has 3 rings (SSSR count). The summed E-state index contributed by atoms with van der Waals surface area (Å²) in [5, 5.41) is 0. The fourth-order valence-electron chi connectivity index (χ4n) is 4.19. The van der Waals surface area contributed by atoms with E-state index in [4.69, 9.17) is 0 Å². The summed E-state index contributed by atoms with van der Waals surface area (Å²) in [5.41, 5.74) is 1.70. The number of benzene rings is 1. The molecule has 2 aliphatic heterocycles. The molecule has 1 aromatic carbocycles. The number of carbonyl (C=O) groups is 1. The standard InChI is InChI=1S/C20H31N3O3S/c1-16-6-7-18(3)19(13-16)27(25,26)23-11-9-22(10-12-23)20(24)15-21-8-4-5-17(2)14-21/h6-7,13,17H,4-5,8-12,14-15H2,1-3H3/p+1/t17-/m0/s1. The highest BCUT2D eigenvalue weighted by atomic mass is 32.2. The van der Waals surface area contributed by atoms with Crippen LogP contribution in [0.1, 0.15) is 30.9 Å². The Morgan fingerprint density at radius 1 is 1.19 bits per heavy atom. The van der Waals surface area contributed by atoms with Gasteiger partial charge in [0.05, 0.1) is 18.0 Å². The number of rotatable bonds is 4. The summed E-state index contributed by atoms with van der Waals surface area (Å²) in [6, 6.07) is 5.52. The number of hydrogen-bond acceptors (Lipinski definition) is 3. The van der Waals surface area contributed by atoms with Crippen LogP contribution in [0.5, 0.6) is 0 Å². The van der Waals surface area contributed by atoms with Crippen molar-refractivity contribution in [2.24, 2.45) is 5.92 Å². The van der Waals surface area contributed by atoms with Crippen LogP contribution < -0.4 is 4.90 Å². The second-order valence-electron chi connectivity index (χ2n) is 8.18. The molecule has 1 aromatic rings. The van der Waals surface area contributed by atoms with Crippen molar-refractivity contribution in [3.63, 3.8) is 0 Å². The van der Waals surface area contributed by atoms with Gasteiger partial charge in [0.25, 0.3) is 5.91 Å². The maximum absolute atomic E-state index is 13.0. The molecule has 0 saturated carbocycles. The fourth-order valence-corrected chi connectivity index (χ4v) is 5.92. The van der Waals surface area contributed by atoms with Gasteiger partial charge in [0.2, 0.25) is 10.0 Å². The van der Waals surface area contributed by atoms with Gasteiger partial charge in [-0.05, 0) is 43.9 Å². The van der Waals surface area contributed by atoms with Crippen molar-refractivity contribution in [3.8, 4) is 0 Å². The van der Waals surface area contributed by atoms with Crippen LogP contribution >= 0.6 is 0 Å². The Hall–Kier alpha value is -1.44. The molecule has 0 aromatic heterocycles. The Morgan fingerprint density at radius 3 is 2.56 bits per heavy atom. The summed E-state index contributed by atoms with van der Waals surface area (Å²) in [6.07, 6.45) is 2.44. The fraction of sp³-hybridized carbons (Fsp3) is 0.650. The van der Waals surface area contributed by atoms with Crippen LogP contribution in [0, 0.1) is 19.8 Å². The number of likely N-dealkylation sites (tertiary alicyclic amines) is 1. The summed E-state index contributed by atoms with van der Waals surface area (Å²) in [7, 11) is -3.51. The van der Waals surface area contributed by atoms with E-state index in [2.05, 4.69) is 6.92 Å². The van der Waals surface area contributed by atoms with Crippen molar-refractivity contribution >= 4 is 15.9 Å². The van der Waals surface area contributed by atoms with E-state index < -0.39 is 10.0 Å². The lowest BCUT2D eigenvalue weighted by Crippen LogP contribution is -3.14. The first-order chi connectivity index (χ1) is 12.8. The van der Waals surface area contributed by atoms with Crippen LogP contribution in [0.2, 0.25) is 0 Å². The van der Waals surface area contributed by atoms with Crippen molar-refractivity contribution in [1.29, 1.82) is 0 Å². The van der Waals surface area contributed by atoms with E-state index in [1.807, 2.05) is 30.9 Å². The van der Waals surface area contributed by atoms with Crippen LogP contribution in [0.15, 0.2) is 23.1 Å². The molecule has 2 atom stereocenters. The smallest absolute Gasteiger partial charge is 0.277 e. The molecular weight excluding hydrogens is 362 g/mol. The largest absolute Gasteiger partial charge is 0.335 e. The van der Waals surface area contributed by atoms with Crippen LogP contribution in [-0.4, -0.2) is 69.3 Å². The van der Waals surface area contributed by atoms with Crippen LogP contribution in [0.4, 0.5) is 0 Å². The highest BCUT2D eigenvalue weighted by Gasteiger charge is 2.32. The van der Waals surface area contributed by atoms with Gasteiger partial charge in [-0.25, -0.2) is 8.42 Å². The molecule has 1 N–H and O–H groups in total. The average Bonchev–Trinajstić information content (AvgIpc) is 2.63. The third kappa shape index (κ3) is 4.70. The van der Waals surface area contributed by atoms with Crippen LogP contribution in [0.3, 0.4) is 0 Å². The van der Waals surface area contributed by atoms with Crippen molar-refractivity contribution in [2.75, 3.05) is 45.8 Å². The molecule has 0 bridgehead atoms. The van der Waals surface area contributed by atoms with E-state index in [1.165, 1.54) is 22.0 Å². The lowest BCUT2D eigenvalue weighted by molar-refractivity contribution is -0.900. The summed E-state index contributed by atoms with van der Waals surface area (Å²) in [5.74, 6) is 0.837. The van der Waals surface area contributed by atoms with Crippen molar-refractivity contribution in [2.45, 2.75) is 38.5 Å². The van der Waals surface area contributed by atoms with Crippen molar-refractivity contribution in [1.82, 2.24) is 9.21 Å². The minimum Gasteiger partial charge on any atom is -0.335 e. The van der Waals surface area contributed by atoms with E-state index in [0.29, 0.717) is 43.5 Å². The number of piperidine rings is 1. The lowest BCUT2D eigenvalue weighted by Gasteiger charge is -2.35. The molecule has 6 nitrogen and oxygen atoms in total. The summed E-state index contributed by atoms with van der Waals surface area (Å²) in [6.45, 7) is 10.3. The maximum Gasteiger partial charge on any atom is 0.277 e. The monoisotopic (exact) mass is 394 g/mol. The van der Waals surface area contributed by atoms with E-state index in [-0.39, 0.29) is 5.91 Å². The van der Waals surface area contributed by atoms with Crippen molar-refractivity contribution < 1.29 is 18.1 Å². The topological polar surface area (TPSA) is 62.1 Å². The first kappa shape index (κ1) is 20.3. The second kappa shape index (κ2) is 8.29. The van der Waals surface area contributed by atoms with Crippen LogP contribution in [0.25, 0.3) is 0 Å². The number of nitrogens with one attached hydrogen (secondary N) is 1. The second-order valence-corrected chi connectivity index (χ2v) is 10.1. The summed E-state index contributed by atoms with van der Waals surface area (Å²) >= 11 is 0. The number of sulfonamides is 1. The first-order valence-corrected chi connectivity index (χ1v) is 11.4. The van der Waals surface area contributed by atoms with Gasteiger partial charge in [-0.3, -0.25) is 4.79 Å². The Kier molecular flexibility index (Phi) is 6.23. The number of piperazine rings is 1. The van der Waals surface area contributed by atoms with E-state index in [9.17, 15) is 13.2 Å². The van der Waals surface area contributed by atoms with Gasteiger partial charge in [0, 0.05) is 32.1 Å². The van der Waals surface area contributed by atoms with Crippen LogP contribution in [-0.2, 0) is 14.8 Å². The SMILES string of the molecule is Cc1ccc(C)c(S(=O)(=O)N2CCN(C(=O)C[NH+]3CCC[C@H](C)C3)CC2)c1. The maximum atomic E-state index is 13.0. The summed E-state index contributed by atoms with van der Waals surface area (Å²) < 4.78 is 27.5. The highest BCUT2D eigenvalue weighted by Crippen LogP contribution is 2.22. The van der Waals surface area contributed by atoms with Gasteiger partial charge < -0.3 is 9.80 Å². The molecule has 1 unspecified atom stereocenters. The molecule has 0 radical (unpaired) electrons. The molecule has 1 amide bonds. The molecule has 2 aliphatic rings. The Bertz CT molecular complexity index is 786. The molecule has 2 heterocycles. The van der Waals surface area contributed by atoms with Gasteiger partial charge in [0.1, 0.15) is 0 Å². The molecule has 27 heavy (non-hydrogen) atoms. The van der Waals surface area contributed by atoms with Gasteiger partial charge >= 0.3 is 0 Å². The molecule has 150 valence electrons. The Morgan fingerprint density at radius 2 is 1.89 bits per heavy atom. The minimum absolute atomic E-state index is 0.155. The van der Waals surface area contributed by atoms with E-state index in [1.54, 1.807) is 6.07 Å². The predicted molar refractivity (Wildman–Crippen MR) is 105 cm³/mol. The zero-order chi connectivity index (χ0) is 19.6. The average molecular weight is 395 g/mol. The molecule has 0 aliphatic carbocycles. The van der Waals surface area contributed by atoms with Gasteiger partial charge in [-0.15, -0.1) is 0 Å². The quantitative estimate of drug-likeness (QED) is 0.807. The third-order valence-electron chi connectivity index (χ3n) is 5.82. The number of aryl methyl sites for hydroxylation is 2. The lowest BCUT2D eigenvalue weighted by atomic mass is 10.0. The molecule has 2 saturated heterocycles. The first-order valence-electron chi connectivity index (χ1n) is 9.96. The van der Waals surface area contributed by atoms with Gasteiger partial charge in [0.15, 0.2) is 6.54 Å². The molecule has 0 spiro atoms. The number of quaternary nitrogens is 1. The van der Waals surface area contributed by atoms with E-state index >= 15 is 0 Å². The normalized spacial score (nSPS) is 24.8. The number of nitrogens with zero attached hydrogens (tertiary/aromatic N) is 2. The number of amides is 1. The minimum atomic E-state index is -3.51. The Balaban J connectivity index is 1.59. The number of carbonyl (C=O) groups excluding carboxylic acids is 1. The highest BCUT2D eigenvalue weighted by molar-refractivity contribution is 7.89. The van der Waals surface area contributed by atoms with E-state index in [0.717, 1.165) is 24.2 Å². The predicted octanol–water partition coefficient (Wildman–Crippen LogP) is 0.451. The summed E-state index contributed by atoms with van der Waals surface area (Å²) in [4.78, 5) is 16.2. The zero-order valence-electron chi connectivity index (χ0n) is 16.7. The third-order valence-corrected chi connectivity index (χ3v) is 7.86. The Labute approximate surface area is 163 Å². The number of hydrogen-bond donors (Lipinski definition) is 1.